The number of nitrogens with two attached hydrogens (primary N) is 1. The highest BCUT2D eigenvalue weighted by atomic mass is 35.5. The van der Waals surface area contributed by atoms with Crippen molar-refractivity contribution in [2.75, 3.05) is 38.1 Å². The van der Waals surface area contributed by atoms with E-state index in [1.54, 1.807) is 0 Å². The number of amides is 1. The number of piperazine rings is 1. The maximum atomic E-state index is 11.7. The lowest BCUT2D eigenvalue weighted by Crippen LogP contribution is -2.44. The van der Waals surface area contributed by atoms with Crippen molar-refractivity contribution in [1.29, 1.82) is 0 Å². The van der Waals surface area contributed by atoms with Crippen LogP contribution in [0.25, 0.3) is 0 Å². The fraction of sp³-hybridized carbons (Fsp3) is 0.625. The molecule has 9 heteroatoms. The quantitative estimate of drug-likeness (QED) is 0.743. The van der Waals surface area contributed by atoms with E-state index in [4.69, 9.17) is 5.73 Å². The van der Waals surface area contributed by atoms with Gasteiger partial charge in [0.2, 0.25) is 5.91 Å². The van der Waals surface area contributed by atoms with Crippen LogP contribution in [0.4, 0.5) is 5.82 Å². The first kappa shape index (κ1) is 26.4. The monoisotopic (exact) mass is 413 g/mol. The maximum Gasteiger partial charge on any atom is 0.220 e. The Bertz CT molecular complexity index is 479. The predicted molar refractivity (Wildman–Crippen MR) is 110 cm³/mol. The molecule has 0 saturated carbocycles. The molecule has 1 aromatic heterocycles. The van der Waals surface area contributed by atoms with Crippen molar-refractivity contribution in [3.05, 3.63) is 23.9 Å². The molecule has 6 nitrogen and oxygen atoms in total. The lowest BCUT2D eigenvalue weighted by Gasteiger charge is -2.33. The summed E-state index contributed by atoms with van der Waals surface area (Å²) in [5.41, 5.74) is 6.67. The molecular weight excluding hydrogens is 385 g/mol. The van der Waals surface area contributed by atoms with Crippen LogP contribution >= 0.6 is 37.2 Å². The summed E-state index contributed by atoms with van der Waals surface area (Å²) >= 11 is 0. The van der Waals surface area contributed by atoms with Gasteiger partial charge in [0.25, 0.3) is 0 Å². The zero-order chi connectivity index (χ0) is 15.9. The van der Waals surface area contributed by atoms with Crippen LogP contribution in [0, 0.1) is 0 Å². The third kappa shape index (κ3) is 9.47. The minimum Gasteiger partial charge on any atom is -0.354 e. The number of carbonyl (C=O) groups is 1. The van der Waals surface area contributed by atoms with Gasteiger partial charge in [0.1, 0.15) is 5.82 Å². The second kappa shape index (κ2) is 13.4. The van der Waals surface area contributed by atoms with Crippen LogP contribution in [0.15, 0.2) is 18.3 Å². The first-order chi connectivity index (χ1) is 10.5. The Kier molecular flexibility index (Phi) is 14.2. The Hall–Kier alpha value is -0.790. The molecule has 1 aliphatic heterocycles. The molecule has 1 atom stereocenters. The minimum absolute atomic E-state index is 0. The van der Waals surface area contributed by atoms with Crippen LogP contribution in [-0.4, -0.2) is 55.1 Å². The molecule has 0 radical (unpaired) electrons. The molecule has 2 heterocycles. The number of hydrogen-bond acceptors (Lipinski definition) is 5. The van der Waals surface area contributed by atoms with E-state index in [-0.39, 0.29) is 49.2 Å². The molecule has 1 fully saturated rings. The first-order valence-electron chi connectivity index (χ1n) is 7.95. The third-order valence-electron chi connectivity index (χ3n) is 3.95. The van der Waals surface area contributed by atoms with E-state index in [9.17, 15) is 4.79 Å². The molecule has 0 bridgehead atoms. The molecule has 25 heavy (non-hydrogen) atoms. The molecule has 0 aromatic carbocycles. The maximum absolute atomic E-state index is 11.7. The predicted octanol–water partition coefficient (Wildman–Crippen LogP) is 1.84. The summed E-state index contributed by atoms with van der Waals surface area (Å²) in [7, 11) is 2.14. The van der Waals surface area contributed by atoms with Gasteiger partial charge in [-0.15, -0.1) is 37.2 Å². The molecule has 1 saturated heterocycles. The van der Waals surface area contributed by atoms with Crippen LogP contribution in [0.3, 0.4) is 0 Å². The Labute approximate surface area is 169 Å². The summed E-state index contributed by atoms with van der Waals surface area (Å²) in [4.78, 5) is 20.8. The average molecular weight is 415 g/mol. The van der Waals surface area contributed by atoms with Gasteiger partial charge in [-0.3, -0.25) is 4.79 Å². The number of likely N-dealkylation sites (N-methyl/N-ethyl adjacent to an activating group) is 1. The van der Waals surface area contributed by atoms with E-state index in [0.717, 1.165) is 37.6 Å². The van der Waals surface area contributed by atoms with Gasteiger partial charge in [0, 0.05) is 51.4 Å². The molecule has 0 aliphatic carbocycles. The molecule has 1 amide bonds. The van der Waals surface area contributed by atoms with Crippen LogP contribution in [0.2, 0.25) is 0 Å². The smallest absolute Gasteiger partial charge is 0.220 e. The molecule has 1 unspecified atom stereocenters. The van der Waals surface area contributed by atoms with Gasteiger partial charge in [-0.2, -0.15) is 0 Å². The summed E-state index contributed by atoms with van der Waals surface area (Å²) in [5.74, 6) is 1.06. The Morgan fingerprint density at radius 1 is 1.24 bits per heavy atom. The fourth-order valence-corrected chi connectivity index (χ4v) is 2.39. The van der Waals surface area contributed by atoms with Crippen LogP contribution in [-0.2, 0) is 11.3 Å². The zero-order valence-corrected chi connectivity index (χ0v) is 17.3. The van der Waals surface area contributed by atoms with Crippen molar-refractivity contribution in [1.82, 2.24) is 15.2 Å². The molecule has 2 rings (SSSR count). The SMILES string of the molecule is CC(N)CCC(=O)NCc1ccc(N2CCN(C)CC2)nc1.Cl.Cl.Cl. The Morgan fingerprint density at radius 2 is 1.88 bits per heavy atom. The van der Waals surface area contributed by atoms with Crippen molar-refractivity contribution in [3.63, 3.8) is 0 Å². The molecule has 146 valence electrons. The number of halogens is 3. The largest absolute Gasteiger partial charge is 0.354 e. The van der Waals surface area contributed by atoms with E-state index < -0.39 is 0 Å². The van der Waals surface area contributed by atoms with Crippen LogP contribution in [0.1, 0.15) is 25.3 Å². The average Bonchev–Trinajstić information content (AvgIpc) is 2.52. The molecule has 3 N–H and O–H groups in total. The highest BCUT2D eigenvalue weighted by Gasteiger charge is 2.14. The van der Waals surface area contributed by atoms with Gasteiger partial charge in [0.05, 0.1) is 0 Å². The summed E-state index contributed by atoms with van der Waals surface area (Å²) in [5, 5.41) is 2.90. The highest BCUT2D eigenvalue weighted by molar-refractivity contribution is 5.86. The van der Waals surface area contributed by atoms with Crippen molar-refractivity contribution in [3.8, 4) is 0 Å². The van der Waals surface area contributed by atoms with Crippen molar-refractivity contribution >= 4 is 48.9 Å². The number of nitrogens with one attached hydrogen (secondary N) is 1. The fourth-order valence-electron chi connectivity index (χ4n) is 2.39. The second-order valence-electron chi connectivity index (χ2n) is 6.11. The normalized spacial score (nSPS) is 15.2. The van der Waals surface area contributed by atoms with Gasteiger partial charge in [-0.25, -0.2) is 4.98 Å². The minimum atomic E-state index is 0. The highest BCUT2D eigenvalue weighted by Crippen LogP contribution is 2.13. The molecular formula is C16H30Cl3N5O. The Morgan fingerprint density at radius 3 is 2.40 bits per heavy atom. The van der Waals surface area contributed by atoms with Gasteiger partial charge in [-0.05, 0) is 32.0 Å². The Balaban J connectivity index is 0. The van der Waals surface area contributed by atoms with Crippen LogP contribution < -0.4 is 16.0 Å². The van der Waals surface area contributed by atoms with Crippen LogP contribution in [0.5, 0.6) is 0 Å². The molecule has 0 spiro atoms. The molecule has 1 aliphatic rings. The number of hydrogen-bond donors (Lipinski definition) is 2. The number of carbonyl (C=O) groups excluding carboxylic acids is 1. The number of anilines is 1. The van der Waals surface area contributed by atoms with E-state index in [0.29, 0.717) is 19.4 Å². The van der Waals surface area contributed by atoms with E-state index in [2.05, 4.69) is 27.1 Å². The number of pyridine rings is 1. The van der Waals surface area contributed by atoms with Crippen molar-refractivity contribution in [2.45, 2.75) is 32.4 Å². The summed E-state index contributed by atoms with van der Waals surface area (Å²) < 4.78 is 0. The van der Waals surface area contributed by atoms with Gasteiger partial charge in [0.15, 0.2) is 0 Å². The van der Waals surface area contributed by atoms with E-state index in [1.807, 2.05) is 25.3 Å². The van der Waals surface area contributed by atoms with Crippen molar-refractivity contribution in [2.24, 2.45) is 5.73 Å². The van der Waals surface area contributed by atoms with E-state index >= 15 is 0 Å². The second-order valence-corrected chi connectivity index (χ2v) is 6.11. The summed E-state index contributed by atoms with van der Waals surface area (Å²) in [6.45, 7) is 6.59. The number of aromatic nitrogens is 1. The van der Waals surface area contributed by atoms with Gasteiger partial charge in [-0.1, -0.05) is 6.07 Å². The van der Waals surface area contributed by atoms with Gasteiger partial charge >= 0.3 is 0 Å². The first-order valence-corrected chi connectivity index (χ1v) is 7.95. The summed E-state index contributed by atoms with van der Waals surface area (Å²) in [6, 6.07) is 4.14. The third-order valence-corrected chi connectivity index (χ3v) is 3.95. The van der Waals surface area contributed by atoms with E-state index in [1.165, 1.54) is 0 Å². The summed E-state index contributed by atoms with van der Waals surface area (Å²) in [6.07, 6.45) is 3.04. The topological polar surface area (TPSA) is 74.5 Å². The van der Waals surface area contributed by atoms with Gasteiger partial charge < -0.3 is 20.9 Å². The lowest BCUT2D eigenvalue weighted by molar-refractivity contribution is -0.121. The lowest BCUT2D eigenvalue weighted by atomic mass is 10.2. The number of rotatable bonds is 6. The standard InChI is InChI=1S/C16H27N5O.3ClH/c1-13(17)3-6-16(22)19-12-14-4-5-15(18-11-14)21-9-7-20(2)8-10-21;;;/h4-5,11,13H,3,6-10,12,17H2,1-2H3,(H,19,22);3*1H. The number of nitrogens with zero attached hydrogens (tertiary/aromatic N) is 3. The van der Waals surface area contributed by atoms with Crippen molar-refractivity contribution < 1.29 is 4.79 Å². The molecule has 1 aromatic rings. The zero-order valence-electron chi connectivity index (χ0n) is 14.8.